The number of rotatable bonds is 3. The van der Waals surface area contributed by atoms with Crippen molar-refractivity contribution in [3.63, 3.8) is 0 Å². The van der Waals surface area contributed by atoms with Gasteiger partial charge in [0.15, 0.2) is 4.96 Å². The molecule has 0 N–H and O–H groups in total. The monoisotopic (exact) mass is 446 g/mol. The Labute approximate surface area is 175 Å². The molecule has 4 heterocycles. The highest BCUT2D eigenvalue weighted by atomic mass is 32.2. The van der Waals surface area contributed by atoms with Gasteiger partial charge in [-0.25, -0.2) is 13.4 Å². The number of fused-ring (bicyclic) bond motifs is 3. The zero-order valence-corrected chi connectivity index (χ0v) is 18.1. The van der Waals surface area contributed by atoms with Crippen LogP contribution in [0.15, 0.2) is 46.8 Å². The van der Waals surface area contributed by atoms with Gasteiger partial charge in [-0.15, -0.1) is 22.7 Å². The topological polar surface area (TPSA) is 75.0 Å². The third-order valence-corrected chi connectivity index (χ3v) is 8.81. The Kier molecular flexibility index (Phi) is 4.46. The molecule has 0 spiro atoms. The minimum atomic E-state index is -3.54. The molecule has 3 aromatic heterocycles. The van der Waals surface area contributed by atoms with Gasteiger partial charge in [-0.1, -0.05) is 17.7 Å². The van der Waals surface area contributed by atoms with Gasteiger partial charge in [-0.3, -0.25) is 9.20 Å². The lowest BCUT2D eigenvalue weighted by Gasteiger charge is -2.33. The maximum absolute atomic E-state index is 12.9. The number of piperazine rings is 1. The Hall–Kier alpha value is -2.27. The van der Waals surface area contributed by atoms with Gasteiger partial charge < -0.3 is 4.90 Å². The van der Waals surface area contributed by atoms with Crippen molar-refractivity contribution in [2.75, 3.05) is 26.2 Å². The number of aryl methyl sites for hydroxylation is 1. The Morgan fingerprint density at radius 2 is 1.83 bits per heavy atom. The molecule has 0 unspecified atom stereocenters. The van der Waals surface area contributed by atoms with Gasteiger partial charge in [0.2, 0.25) is 10.0 Å². The molecule has 150 valence electrons. The summed E-state index contributed by atoms with van der Waals surface area (Å²) in [6.45, 7) is 3.26. The molecule has 7 nitrogen and oxygen atoms in total. The SMILES string of the molecule is Cc1ccc(S(=O)(=O)N2CCN(C(=O)c3cc4c(nc5sccn54)s3)CC2)cc1. The molecule has 1 aromatic carbocycles. The third-order valence-electron chi connectivity index (χ3n) is 5.14. The molecule has 10 heteroatoms. The number of aromatic nitrogens is 2. The minimum absolute atomic E-state index is 0.0654. The molecule has 1 aliphatic heterocycles. The number of hydrogen-bond donors (Lipinski definition) is 0. The lowest BCUT2D eigenvalue weighted by molar-refractivity contribution is 0.0703. The predicted molar refractivity (Wildman–Crippen MR) is 114 cm³/mol. The van der Waals surface area contributed by atoms with E-state index in [0.29, 0.717) is 36.0 Å². The highest BCUT2D eigenvalue weighted by molar-refractivity contribution is 7.89. The van der Waals surface area contributed by atoms with E-state index < -0.39 is 10.0 Å². The van der Waals surface area contributed by atoms with Gasteiger partial charge in [0.25, 0.3) is 5.91 Å². The second kappa shape index (κ2) is 6.91. The zero-order valence-electron chi connectivity index (χ0n) is 15.6. The molecule has 0 bridgehead atoms. The molecule has 1 amide bonds. The first-order chi connectivity index (χ1) is 13.9. The summed E-state index contributed by atoms with van der Waals surface area (Å²) in [5.41, 5.74) is 1.96. The summed E-state index contributed by atoms with van der Waals surface area (Å²) < 4.78 is 29.1. The molecule has 0 radical (unpaired) electrons. The molecule has 0 aliphatic carbocycles. The predicted octanol–water partition coefficient (Wildman–Crippen LogP) is 3.07. The van der Waals surface area contributed by atoms with E-state index >= 15 is 0 Å². The van der Waals surface area contributed by atoms with Crippen LogP contribution >= 0.6 is 22.7 Å². The van der Waals surface area contributed by atoms with Crippen LogP contribution in [0, 0.1) is 6.92 Å². The van der Waals surface area contributed by atoms with Crippen molar-refractivity contribution in [1.29, 1.82) is 0 Å². The summed E-state index contributed by atoms with van der Waals surface area (Å²) in [5.74, 6) is -0.0654. The van der Waals surface area contributed by atoms with Crippen molar-refractivity contribution in [2.45, 2.75) is 11.8 Å². The second-order valence-electron chi connectivity index (χ2n) is 6.98. The Bertz CT molecular complexity index is 1310. The Balaban J connectivity index is 1.31. The first-order valence-corrected chi connectivity index (χ1v) is 12.3. The molecular weight excluding hydrogens is 428 g/mol. The second-order valence-corrected chi connectivity index (χ2v) is 10.8. The number of sulfonamides is 1. The number of benzene rings is 1. The zero-order chi connectivity index (χ0) is 20.2. The van der Waals surface area contributed by atoms with Crippen LogP contribution in [-0.2, 0) is 10.0 Å². The normalized spacial score (nSPS) is 16.1. The van der Waals surface area contributed by atoms with Crippen LogP contribution in [0.5, 0.6) is 0 Å². The van der Waals surface area contributed by atoms with Crippen molar-refractivity contribution in [2.24, 2.45) is 0 Å². The quantitative estimate of drug-likeness (QED) is 0.485. The first kappa shape index (κ1) is 18.7. The maximum Gasteiger partial charge on any atom is 0.264 e. The van der Waals surface area contributed by atoms with Gasteiger partial charge in [-0.05, 0) is 25.1 Å². The average Bonchev–Trinajstić information content (AvgIpc) is 3.40. The van der Waals surface area contributed by atoms with Crippen molar-refractivity contribution >= 4 is 53.9 Å². The van der Waals surface area contributed by atoms with Crippen LogP contribution in [-0.4, -0.2) is 59.1 Å². The fourth-order valence-corrected chi connectivity index (χ4v) is 6.69. The van der Waals surface area contributed by atoms with Crippen molar-refractivity contribution in [3.8, 4) is 0 Å². The number of hydrogen-bond acceptors (Lipinski definition) is 6. The molecule has 4 aromatic rings. The van der Waals surface area contributed by atoms with Crippen molar-refractivity contribution in [3.05, 3.63) is 52.3 Å². The summed E-state index contributed by atoms with van der Waals surface area (Å²) in [6, 6.07) is 8.74. The van der Waals surface area contributed by atoms with E-state index in [1.807, 2.05) is 29.0 Å². The Morgan fingerprint density at radius 1 is 1.10 bits per heavy atom. The summed E-state index contributed by atoms with van der Waals surface area (Å²) >= 11 is 2.95. The van der Waals surface area contributed by atoms with Crippen molar-refractivity contribution in [1.82, 2.24) is 18.6 Å². The first-order valence-electron chi connectivity index (χ1n) is 9.15. The average molecular weight is 447 g/mol. The molecule has 0 atom stereocenters. The number of carbonyl (C=O) groups is 1. The van der Waals surface area contributed by atoms with Gasteiger partial charge in [0, 0.05) is 37.8 Å². The molecule has 29 heavy (non-hydrogen) atoms. The molecular formula is C19H18N4O3S3. The number of nitrogens with zero attached hydrogens (tertiary/aromatic N) is 4. The number of imidazole rings is 1. The number of thiophene rings is 1. The summed E-state index contributed by atoms with van der Waals surface area (Å²) in [5, 5.41) is 1.97. The molecule has 5 rings (SSSR count). The van der Waals surface area contributed by atoms with E-state index in [4.69, 9.17) is 0 Å². The van der Waals surface area contributed by atoms with E-state index in [2.05, 4.69) is 4.98 Å². The van der Waals surface area contributed by atoms with E-state index in [9.17, 15) is 13.2 Å². The number of amides is 1. The summed E-state index contributed by atoms with van der Waals surface area (Å²) in [6.07, 6.45) is 1.95. The molecule has 0 saturated carbocycles. The smallest absolute Gasteiger partial charge is 0.264 e. The highest BCUT2D eigenvalue weighted by Gasteiger charge is 2.31. The molecule has 1 saturated heterocycles. The third kappa shape index (κ3) is 3.16. The van der Waals surface area contributed by atoms with E-state index in [-0.39, 0.29) is 5.91 Å². The summed E-state index contributed by atoms with van der Waals surface area (Å²) in [7, 11) is -3.54. The molecule has 1 aliphatic rings. The highest BCUT2D eigenvalue weighted by Crippen LogP contribution is 2.29. The maximum atomic E-state index is 12.9. The molecule has 1 fully saturated rings. The van der Waals surface area contributed by atoms with Crippen LogP contribution < -0.4 is 0 Å². The van der Waals surface area contributed by atoms with Crippen LogP contribution in [0.25, 0.3) is 15.3 Å². The fourth-order valence-electron chi connectivity index (χ4n) is 3.50. The van der Waals surface area contributed by atoms with Crippen molar-refractivity contribution < 1.29 is 13.2 Å². The summed E-state index contributed by atoms with van der Waals surface area (Å²) in [4.78, 5) is 21.9. The standard InChI is InChI=1S/C19H18N4O3S3/c1-13-2-4-14(5-3-13)29(25,26)22-8-6-21(7-9-22)18(24)16-12-15-17(28-16)20-19-23(15)10-11-27-19/h2-5,10-12H,6-9H2,1H3. The fraction of sp³-hybridized carbons (Fsp3) is 0.263. The van der Waals surface area contributed by atoms with Gasteiger partial charge in [0.1, 0.15) is 4.83 Å². The largest absolute Gasteiger partial charge is 0.335 e. The van der Waals surface area contributed by atoms with Gasteiger partial charge >= 0.3 is 0 Å². The van der Waals surface area contributed by atoms with Crippen LogP contribution in [0.3, 0.4) is 0 Å². The lowest BCUT2D eigenvalue weighted by atomic mass is 10.2. The van der Waals surface area contributed by atoms with Gasteiger partial charge in [-0.2, -0.15) is 4.31 Å². The Morgan fingerprint density at radius 3 is 2.55 bits per heavy atom. The van der Waals surface area contributed by atoms with Gasteiger partial charge in [0.05, 0.1) is 15.3 Å². The lowest BCUT2D eigenvalue weighted by Crippen LogP contribution is -2.50. The number of carbonyl (C=O) groups excluding carboxylic acids is 1. The van der Waals surface area contributed by atoms with E-state index in [0.717, 1.165) is 20.9 Å². The number of thiazole rings is 1. The van der Waals surface area contributed by atoms with Crippen LogP contribution in [0.2, 0.25) is 0 Å². The van der Waals surface area contributed by atoms with E-state index in [1.165, 1.54) is 15.6 Å². The van der Waals surface area contributed by atoms with E-state index in [1.54, 1.807) is 40.5 Å². The van der Waals surface area contributed by atoms with Crippen LogP contribution in [0.1, 0.15) is 15.2 Å². The minimum Gasteiger partial charge on any atom is -0.335 e. The van der Waals surface area contributed by atoms with Crippen LogP contribution in [0.4, 0.5) is 0 Å².